The second-order valence-corrected chi connectivity index (χ2v) is 21.9. The molecule has 2 saturated heterocycles. The van der Waals surface area contributed by atoms with Crippen molar-refractivity contribution >= 4 is 57.1 Å². The Morgan fingerprint density at radius 2 is 1.55 bits per heavy atom. The van der Waals surface area contributed by atoms with Gasteiger partial charge in [0.25, 0.3) is 0 Å². The summed E-state index contributed by atoms with van der Waals surface area (Å²) in [6, 6.07) is 9.53. The van der Waals surface area contributed by atoms with E-state index in [0.717, 1.165) is 5.56 Å². The summed E-state index contributed by atoms with van der Waals surface area (Å²) in [5.41, 5.74) is 1.35. The monoisotopic (exact) mass is 1100 g/mol. The molecule has 2 unspecified atom stereocenters. The number of carbonyl (C=O) groups excluding carboxylic acids is 5. The van der Waals surface area contributed by atoms with Gasteiger partial charge in [-0.2, -0.15) is 0 Å². The van der Waals surface area contributed by atoms with Crippen molar-refractivity contribution in [1.82, 2.24) is 25.3 Å². The van der Waals surface area contributed by atoms with Crippen LogP contribution in [0.3, 0.4) is 0 Å². The molecular weight excluding hydrogens is 1020 g/mol. The van der Waals surface area contributed by atoms with E-state index in [1.807, 2.05) is 19.9 Å². The number of amides is 5. The summed E-state index contributed by atoms with van der Waals surface area (Å²) >= 11 is 1.33. The number of aliphatic hydroxyl groups excluding tert-OH is 4. The molecule has 22 heteroatoms. The quantitative estimate of drug-likeness (QED) is 0.0605. The lowest BCUT2D eigenvalue weighted by molar-refractivity contribution is -0.277. The van der Waals surface area contributed by atoms with Crippen LogP contribution in [0.15, 0.2) is 53.9 Å². The zero-order valence-corrected chi connectivity index (χ0v) is 46.9. The molecule has 1 aromatic heterocycles. The lowest BCUT2D eigenvalue weighted by Gasteiger charge is -2.41. The second kappa shape index (κ2) is 28.4. The minimum absolute atomic E-state index is 0.0872. The third-order valence-electron chi connectivity index (χ3n) is 15.1. The number of likely N-dealkylation sites (tertiary alicyclic amines) is 1. The van der Waals surface area contributed by atoms with E-state index in [9.17, 15) is 54.3 Å². The van der Waals surface area contributed by atoms with E-state index in [-0.39, 0.29) is 37.0 Å². The summed E-state index contributed by atoms with van der Waals surface area (Å²) in [7, 11) is 6.02. The van der Waals surface area contributed by atoms with Crippen molar-refractivity contribution in [3.8, 4) is 5.75 Å². The molecule has 7 N–H and O–H groups in total. The summed E-state index contributed by atoms with van der Waals surface area (Å²) in [5, 5.41) is 58.6. The Morgan fingerprint density at radius 3 is 2.14 bits per heavy atom. The van der Waals surface area contributed by atoms with Gasteiger partial charge >= 0.3 is 12.1 Å². The number of fused-ring (bicyclic) bond motifs is 1. The number of nitrogens with zero attached hydrogens (tertiary/aromatic N) is 3. The standard InChI is InChI=1S/C55H81N5O16S/c1-12-31(6)44(39(72-10)26-41(62)60-23-16-19-37(60)48(73-11)32(7)50(66)56-36(53(69)70)25-33-17-14-13-15-18-33)58(8)52(68)42(29(2)3)57-51(67)43(30(4)5)59(9)55(71)74-28-34-20-21-38(35-22-24-77-49(34)35)75-54-47(65)46(64)45(63)40(27-61)76-54/h13-15,17-18,20-22,24,29-32,36-37,39-40,42-48,54,61,63-65H,12,16,19,23,25-28H2,1-11H3,(H,56,66)(H,57,67)(H,69,70)/t31?,32-,36?,37+,39-,40-,42+,43+,44+,45+,46+,47-,48-,54-/m1/s1. The highest BCUT2D eigenvalue weighted by Crippen LogP contribution is 2.36. The molecule has 2 fully saturated rings. The Balaban J connectivity index is 1.24. The van der Waals surface area contributed by atoms with Crippen molar-refractivity contribution in [3.05, 3.63) is 65.0 Å². The van der Waals surface area contributed by atoms with Crippen LogP contribution in [0.2, 0.25) is 0 Å². The Morgan fingerprint density at radius 1 is 0.857 bits per heavy atom. The molecular formula is C55H81N5O16S. The zero-order chi connectivity index (χ0) is 57.0. The predicted octanol–water partition coefficient (Wildman–Crippen LogP) is 3.55. The van der Waals surface area contributed by atoms with Gasteiger partial charge in [0.2, 0.25) is 29.9 Å². The van der Waals surface area contributed by atoms with E-state index in [1.54, 1.807) is 94.4 Å². The van der Waals surface area contributed by atoms with Crippen LogP contribution in [0.4, 0.5) is 4.79 Å². The highest BCUT2D eigenvalue weighted by atomic mass is 32.1. The summed E-state index contributed by atoms with van der Waals surface area (Å²) in [6.45, 7) is 12.3. The number of ether oxygens (including phenoxy) is 5. The first kappa shape index (κ1) is 62.4. The van der Waals surface area contributed by atoms with Gasteiger partial charge in [0, 0.05) is 56.9 Å². The van der Waals surface area contributed by atoms with Crippen LogP contribution in [0, 0.1) is 23.7 Å². The minimum Gasteiger partial charge on any atom is -0.480 e. The molecule has 0 spiro atoms. The predicted molar refractivity (Wildman–Crippen MR) is 285 cm³/mol. The number of benzene rings is 2. The molecule has 77 heavy (non-hydrogen) atoms. The van der Waals surface area contributed by atoms with Gasteiger partial charge in [-0.1, -0.05) is 91.3 Å². The smallest absolute Gasteiger partial charge is 0.410 e. The number of likely N-dealkylation sites (N-methyl/N-ethyl adjacent to an activating group) is 2. The number of carboxylic acid groups (broad SMARTS) is 1. The Labute approximate surface area is 455 Å². The Bertz CT molecular complexity index is 2440. The van der Waals surface area contributed by atoms with Gasteiger partial charge in [-0.15, -0.1) is 11.3 Å². The van der Waals surface area contributed by atoms with Crippen molar-refractivity contribution < 1.29 is 78.0 Å². The number of hydrogen-bond donors (Lipinski definition) is 7. The molecule has 0 bridgehead atoms. The molecule has 14 atom stereocenters. The fraction of sp³-hybridized carbons (Fsp3) is 0.636. The number of thiophene rings is 1. The number of hydrogen-bond acceptors (Lipinski definition) is 16. The molecule has 2 aliphatic heterocycles. The van der Waals surface area contributed by atoms with Gasteiger partial charge in [-0.25, -0.2) is 9.59 Å². The Hall–Kier alpha value is -5.46. The van der Waals surface area contributed by atoms with Crippen LogP contribution in [-0.4, -0.2) is 191 Å². The van der Waals surface area contributed by atoms with E-state index in [2.05, 4.69) is 10.6 Å². The molecule has 21 nitrogen and oxygen atoms in total. The molecule has 3 heterocycles. The van der Waals surface area contributed by atoms with Crippen molar-refractivity contribution in [2.75, 3.05) is 41.5 Å². The summed E-state index contributed by atoms with van der Waals surface area (Å²) in [4.78, 5) is 87.5. The molecule has 5 amide bonds. The number of nitrogens with one attached hydrogen (secondary N) is 2. The number of methoxy groups -OCH3 is 2. The number of aliphatic hydroxyl groups is 4. The molecule has 0 radical (unpaired) electrons. The largest absolute Gasteiger partial charge is 0.480 e. The second-order valence-electron chi connectivity index (χ2n) is 21.0. The van der Waals surface area contributed by atoms with Crippen molar-refractivity contribution in [2.45, 2.75) is 160 Å². The highest BCUT2D eigenvalue weighted by Gasteiger charge is 2.46. The summed E-state index contributed by atoms with van der Waals surface area (Å²) in [5.74, 6) is -4.55. The number of carboxylic acids is 1. The van der Waals surface area contributed by atoms with Crippen molar-refractivity contribution in [1.29, 1.82) is 0 Å². The van der Waals surface area contributed by atoms with Crippen LogP contribution in [0.1, 0.15) is 85.3 Å². The number of rotatable bonds is 26. The highest BCUT2D eigenvalue weighted by molar-refractivity contribution is 7.17. The van der Waals surface area contributed by atoms with Gasteiger partial charge in [-0.3, -0.25) is 24.1 Å². The molecule has 5 rings (SSSR count). The SMILES string of the molecule is CCC(C)[C@@H]([C@@H](CC(=O)N1CCC[C@H]1[C@H](OC)[C@@H](C)C(=O)NC(Cc1ccccc1)C(=O)O)OC)N(C)C(=O)[C@@H](NC(=O)[C@H](C(C)C)N(C)C(=O)OCc1ccc(O[C@@H]2O[C@H](CO)[C@H](O)[C@H](O)[C@H]2O)c2ccsc12)C(C)C. The van der Waals surface area contributed by atoms with E-state index in [4.69, 9.17) is 23.7 Å². The van der Waals surface area contributed by atoms with Gasteiger partial charge in [-0.05, 0) is 53.7 Å². The number of carbonyl (C=O) groups is 6. The topological polar surface area (TPSA) is 284 Å². The normalized spacial score (nSPS) is 22.8. The van der Waals surface area contributed by atoms with Crippen LogP contribution >= 0.6 is 11.3 Å². The Kier molecular flexibility index (Phi) is 23.0. The van der Waals surface area contributed by atoms with Gasteiger partial charge in [0.05, 0.1) is 43.2 Å². The van der Waals surface area contributed by atoms with E-state index in [1.165, 1.54) is 42.4 Å². The van der Waals surface area contributed by atoms with Crippen LogP contribution < -0.4 is 15.4 Å². The average Bonchev–Trinajstić information content (AvgIpc) is 4.11. The summed E-state index contributed by atoms with van der Waals surface area (Å²) in [6.07, 6.45) is -7.96. The van der Waals surface area contributed by atoms with Crippen molar-refractivity contribution in [2.24, 2.45) is 23.7 Å². The minimum atomic E-state index is -1.63. The van der Waals surface area contributed by atoms with Gasteiger partial charge < -0.3 is 69.7 Å². The third-order valence-corrected chi connectivity index (χ3v) is 16.1. The van der Waals surface area contributed by atoms with Gasteiger partial charge in [0.1, 0.15) is 54.9 Å². The van der Waals surface area contributed by atoms with Crippen molar-refractivity contribution in [3.63, 3.8) is 0 Å². The molecule has 3 aromatic rings. The summed E-state index contributed by atoms with van der Waals surface area (Å²) < 4.78 is 29.9. The maximum Gasteiger partial charge on any atom is 0.410 e. The lowest BCUT2D eigenvalue weighted by atomic mass is 9.89. The van der Waals surface area contributed by atoms with Crippen LogP contribution in [-0.2, 0) is 55.9 Å². The molecule has 0 saturated carbocycles. The molecule has 2 aliphatic rings. The zero-order valence-electron chi connectivity index (χ0n) is 46.1. The molecule has 428 valence electrons. The maximum absolute atomic E-state index is 14.7. The first-order chi connectivity index (χ1) is 36.5. The third kappa shape index (κ3) is 15.0. The maximum atomic E-state index is 14.7. The average molecular weight is 1100 g/mol. The van der Waals surface area contributed by atoms with Crippen LogP contribution in [0.5, 0.6) is 5.75 Å². The molecule has 0 aliphatic carbocycles. The molecule has 2 aromatic carbocycles. The van der Waals surface area contributed by atoms with Gasteiger partial charge in [0.15, 0.2) is 0 Å². The van der Waals surface area contributed by atoms with E-state index < -0.39 is 127 Å². The van der Waals surface area contributed by atoms with E-state index >= 15 is 0 Å². The van der Waals surface area contributed by atoms with E-state index in [0.29, 0.717) is 41.5 Å². The fourth-order valence-electron chi connectivity index (χ4n) is 10.5. The van der Waals surface area contributed by atoms with Crippen LogP contribution in [0.25, 0.3) is 10.1 Å². The first-order valence-corrected chi connectivity index (χ1v) is 27.2. The fourth-order valence-corrected chi connectivity index (χ4v) is 11.4. The lowest BCUT2D eigenvalue weighted by Crippen LogP contribution is -2.60. The number of aliphatic carboxylic acids is 1. The first-order valence-electron chi connectivity index (χ1n) is 26.4.